The van der Waals surface area contributed by atoms with Crippen molar-refractivity contribution in [2.24, 2.45) is 5.41 Å². The molecule has 1 aliphatic heterocycles. The van der Waals surface area contributed by atoms with E-state index in [4.69, 9.17) is 0 Å². The summed E-state index contributed by atoms with van der Waals surface area (Å²) in [5.74, 6) is 0. The topological polar surface area (TPSA) is 12.0 Å². The van der Waals surface area contributed by atoms with Gasteiger partial charge in [-0.1, -0.05) is 41.5 Å². The van der Waals surface area contributed by atoms with Gasteiger partial charge in [-0.2, -0.15) is 0 Å². The average Bonchev–Trinajstić information content (AvgIpc) is 2.04. The van der Waals surface area contributed by atoms with Gasteiger partial charge in [0.1, 0.15) is 0 Å². The van der Waals surface area contributed by atoms with E-state index >= 15 is 0 Å². The number of nitrogens with one attached hydrogen (secondary N) is 1. The van der Waals surface area contributed by atoms with Gasteiger partial charge >= 0.3 is 67.2 Å². The van der Waals surface area contributed by atoms with Gasteiger partial charge in [-0.05, 0) is 5.41 Å². The standard InChI is InChI=1S/C5H7N.C5H12.C2H6.2V/c1-2-4-6-5-3-1;1-5(2,3)4;1-2;;/h6H,1-3H2;1-4H3;1-2H3;;. The summed E-state index contributed by atoms with van der Waals surface area (Å²) in [6.45, 7) is 12.8. The molecule has 0 atom stereocenters. The zero-order valence-corrected chi connectivity index (χ0v) is 13.8. The van der Waals surface area contributed by atoms with Crippen LogP contribution in [0.1, 0.15) is 60.8 Å². The summed E-state index contributed by atoms with van der Waals surface area (Å²) in [5.41, 5.74) is 0.500. The van der Waals surface area contributed by atoms with Crippen LogP contribution in [-0.2, 0) is 34.0 Å². The van der Waals surface area contributed by atoms with Gasteiger partial charge in [0.15, 0.2) is 0 Å². The summed E-state index contributed by atoms with van der Waals surface area (Å²) in [5, 5.41) is 3.26. The summed E-state index contributed by atoms with van der Waals surface area (Å²) in [6, 6.07) is 0. The molecule has 1 N–H and O–H groups in total. The van der Waals surface area contributed by atoms with Gasteiger partial charge in [0.25, 0.3) is 0 Å². The van der Waals surface area contributed by atoms with Crippen LogP contribution in [0.4, 0.5) is 0 Å². The molecule has 15 heavy (non-hydrogen) atoms. The van der Waals surface area contributed by atoms with Gasteiger partial charge < -0.3 is 0 Å². The number of hydrogen-bond acceptors (Lipinski definition) is 1. The maximum atomic E-state index is 3.26. The summed E-state index contributed by atoms with van der Waals surface area (Å²) in [7, 11) is 0. The van der Waals surface area contributed by atoms with E-state index in [1.165, 1.54) is 28.0 Å². The number of piperidine rings is 1. The molecule has 0 unspecified atom stereocenters. The first kappa shape index (κ1) is 18.2. The minimum absolute atomic E-state index is 0.500. The molecule has 0 aromatic rings. The molecule has 0 aromatic carbocycles. The quantitative estimate of drug-likeness (QED) is 0.720. The molecule has 3 heteroatoms. The zero-order chi connectivity index (χ0) is 12.5. The van der Waals surface area contributed by atoms with Gasteiger partial charge in [0, 0.05) is 0 Å². The summed E-state index contributed by atoms with van der Waals surface area (Å²) in [6.07, 6.45) is 3.75. The van der Waals surface area contributed by atoms with Crippen molar-refractivity contribution in [3.8, 4) is 0 Å². The predicted octanol–water partition coefficient (Wildman–Crippen LogP) is 3.19. The monoisotopic (exact) mass is 285 g/mol. The van der Waals surface area contributed by atoms with Gasteiger partial charge in [-0.3, -0.25) is 0 Å². The molecule has 0 bridgehead atoms. The van der Waals surface area contributed by atoms with Crippen molar-refractivity contribution in [1.82, 2.24) is 5.32 Å². The van der Waals surface area contributed by atoms with Crippen molar-refractivity contribution in [3.63, 3.8) is 0 Å². The van der Waals surface area contributed by atoms with E-state index in [1.807, 2.05) is 13.8 Å². The van der Waals surface area contributed by atoms with E-state index in [1.54, 1.807) is 0 Å². The van der Waals surface area contributed by atoms with Crippen LogP contribution in [0.5, 0.6) is 0 Å². The Kier molecular flexibility index (Phi) is 12.2. The molecule has 1 aliphatic rings. The summed E-state index contributed by atoms with van der Waals surface area (Å²) in [4.78, 5) is 0. The normalized spacial score (nSPS) is 15.7. The Morgan fingerprint density at radius 2 is 1.20 bits per heavy atom. The van der Waals surface area contributed by atoms with Crippen molar-refractivity contribution >= 4 is 8.70 Å². The van der Waals surface area contributed by atoms with E-state index in [-0.39, 0.29) is 0 Å². The van der Waals surface area contributed by atoms with Crippen molar-refractivity contribution < 1.29 is 34.0 Å². The Morgan fingerprint density at radius 3 is 1.33 bits per heavy atom. The molecule has 1 nitrogen and oxygen atoms in total. The van der Waals surface area contributed by atoms with Crippen molar-refractivity contribution in [3.05, 3.63) is 0 Å². The second kappa shape index (κ2) is 10.1. The van der Waals surface area contributed by atoms with Crippen LogP contribution in [0.25, 0.3) is 0 Å². The number of rotatable bonds is 0. The van der Waals surface area contributed by atoms with Crippen LogP contribution < -0.4 is 5.32 Å². The molecule has 1 rings (SSSR count). The predicted molar refractivity (Wildman–Crippen MR) is 63.5 cm³/mol. The Bertz CT molecular complexity index is 172. The van der Waals surface area contributed by atoms with E-state index in [2.05, 4.69) is 67.0 Å². The minimum atomic E-state index is 0.500. The van der Waals surface area contributed by atoms with Crippen molar-refractivity contribution in [1.29, 1.82) is 0 Å². The molecule has 0 amide bonds. The second-order valence-electron chi connectivity index (χ2n) is 4.87. The van der Waals surface area contributed by atoms with E-state index in [9.17, 15) is 0 Å². The van der Waals surface area contributed by atoms with E-state index in [0.29, 0.717) is 5.41 Å². The average molecular weight is 285 g/mol. The molecule has 0 aliphatic carbocycles. The van der Waals surface area contributed by atoms with E-state index < -0.39 is 0 Å². The Labute approximate surface area is 114 Å². The van der Waals surface area contributed by atoms with E-state index in [0.717, 1.165) is 0 Å². The van der Waals surface area contributed by atoms with Gasteiger partial charge in [-0.15, -0.1) is 0 Å². The Morgan fingerprint density at radius 1 is 0.933 bits per heavy atom. The van der Waals surface area contributed by atoms with Crippen LogP contribution in [-0.4, -0.2) is 8.70 Å². The van der Waals surface area contributed by atoms with Crippen molar-refractivity contribution in [2.75, 3.05) is 0 Å². The molecular weight excluding hydrogens is 260 g/mol. The molecule has 1 heterocycles. The maximum absolute atomic E-state index is 3.26. The third kappa shape index (κ3) is 20.8. The SMILES string of the molecule is CC.CC(C)(C)C.[V]=[C]1CCC[C](=[V])N1. The first-order valence-corrected chi connectivity index (χ1v) is 7.05. The first-order valence-electron chi connectivity index (χ1n) is 5.65. The van der Waals surface area contributed by atoms with Crippen LogP contribution in [0.3, 0.4) is 0 Å². The number of hydrogen-bond donors (Lipinski definition) is 1. The van der Waals surface area contributed by atoms with Crippen molar-refractivity contribution in [2.45, 2.75) is 60.8 Å². The van der Waals surface area contributed by atoms with Gasteiger partial charge in [0.2, 0.25) is 0 Å². The van der Waals surface area contributed by atoms with Gasteiger partial charge in [-0.25, -0.2) is 0 Å². The molecule has 0 spiro atoms. The fourth-order valence-electron chi connectivity index (χ4n) is 0.715. The zero-order valence-electron chi connectivity index (χ0n) is 11.0. The van der Waals surface area contributed by atoms with Crippen LogP contribution in [0.15, 0.2) is 0 Å². The fraction of sp³-hybridized carbons (Fsp3) is 0.833. The van der Waals surface area contributed by atoms with Crippen LogP contribution >= 0.6 is 0 Å². The fourth-order valence-corrected chi connectivity index (χ4v) is 1.86. The molecular formula is C12H25NV2. The molecule has 0 radical (unpaired) electrons. The molecule has 1 fully saturated rings. The van der Waals surface area contributed by atoms with Crippen LogP contribution in [0, 0.1) is 5.41 Å². The Hall–Kier alpha value is 0.869. The third-order valence-corrected chi connectivity index (χ3v) is 2.16. The summed E-state index contributed by atoms with van der Waals surface area (Å²) >= 11 is 5.13. The molecule has 0 saturated carbocycles. The molecule has 1 saturated heterocycles. The van der Waals surface area contributed by atoms with Gasteiger partial charge in [0.05, 0.1) is 0 Å². The third-order valence-electron chi connectivity index (χ3n) is 1.12. The Balaban J connectivity index is 0. The second-order valence-corrected chi connectivity index (χ2v) is 6.56. The summed E-state index contributed by atoms with van der Waals surface area (Å²) < 4.78 is 2.69. The molecule has 88 valence electrons. The molecule has 0 aromatic heterocycles. The first-order chi connectivity index (χ1) is 6.79. The van der Waals surface area contributed by atoms with Crippen LogP contribution in [0.2, 0.25) is 0 Å².